The van der Waals surface area contributed by atoms with E-state index in [1.165, 1.54) is 4.88 Å². The first-order chi connectivity index (χ1) is 10.2. The van der Waals surface area contributed by atoms with Gasteiger partial charge in [0.25, 0.3) is 0 Å². The summed E-state index contributed by atoms with van der Waals surface area (Å²) in [4.78, 5) is 16.1. The zero-order valence-electron chi connectivity index (χ0n) is 13.2. The molecule has 1 aromatic rings. The van der Waals surface area contributed by atoms with Crippen molar-refractivity contribution in [2.75, 3.05) is 12.0 Å². The molecule has 0 spiro atoms. The third-order valence-corrected chi connectivity index (χ3v) is 5.63. The number of amides is 1. The molecule has 2 rings (SSSR count). The van der Waals surface area contributed by atoms with Crippen LogP contribution in [0.15, 0.2) is 17.5 Å². The van der Waals surface area contributed by atoms with Crippen molar-refractivity contribution in [3.8, 4) is 0 Å². The van der Waals surface area contributed by atoms with E-state index in [4.69, 9.17) is 0 Å². The Balaban J connectivity index is 2.13. The van der Waals surface area contributed by atoms with Crippen LogP contribution in [0.25, 0.3) is 0 Å². The predicted molar refractivity (Wildman–Crippen MR) is 92.8 cm³/mol. The summed E-state index contributed by atoms with van der Waals surface area (Å²) in [6, 6.07) is 4.48. The van der Waals surface area contributed by atoms with Gasteiger partial charge in [0.1, 0.15) is 6.17 Å². The summed E-state index contributed by atoms with van der Waals surface area (Å²) in [5.74, 6) is 1.39. The van der Waals surface area contributed by atoms with Crippen molar-refractivity contribution in [2.45, 2.75) is 57.8 Å². The third-order valence-electron chi connectivity index (χ3n) is 4.06. The molecule has 2 heterocycles. The number of hydrogen-bond acceptors (Lipinski definition) is 4. The normalized spacial score (nSPS) is 23.8. The molecule has 1 N–H and O–H groups in total. The van der Waals surface area contributed by atoms with E-state index in [9.17, 15) is 4.79 Å². The molecule has 1 aliphatic heterocycles. The van der Waals surface area contributed by atoms with E-state index in [1.807, 2.05) is 11.8 Å². The Hall–Kier alpha value is -0.520. The Morgan fingerprint density at radius 1 is 1.52 bits per heavy atom. The van der Waals surface area contributed by atoms with Gasteiger partial charge in [0.15, 0.2) is 0 Å². The fourth-order valence-electron chi connectivity index (χ4n) is 2.83. The second-order valence-corrected chi connectivity index (χ2v) is 7.62. The van der Waals surface area contributed by atoms with Crippen molar-refractivity contribution < 1.29 is 4.79 Å². The number of carbonyl (C=O) groups excluding carboxylic acids is 1. The Labute approximate surface area is 136 Å². The van der Waals surface area contributed by atoms with E-state index in [-0.39, 0.29) is 24.2 Å². The first-order valence-electron chi connectivity index (χ1n) is 7.79. The molecule has 0 bridgehead atoms. The summed E-state index contributed by atoms with van der Waals surface area (Å²) in [5, 5.41) is 5.65. The van der Waals surface area contributed by atoms with Crippen molar-refractivity contribution in [1.29, 1.82) is 0 Å². The monoisotopic (exact) mass is 326 g/mol. The molecule has 1 aliphatic rings. The largest absolute Gasteiger partial charge is 0.318 e. The predicted octanol–water partition coefficient (Wildman–Crippen LogP) is 3.88. The number of thiophene rings is 1. The molecule has 3 atom stereocenters. The van der Waals surface area contributed by atoms with Crippen LogP contribution in [0.1, 0.15) is 50.6 Å². The topological polar surface area (TPSA) is 32.3 Å². The molecule has 1 amide bonds. The van der Waals surface area contributed by atoms with E-state index < -0.39 is 0 Å². The van der Waals surface area contributed by atoms with Crippen LogP contribution < -0.4 is 5.32 Å². The van der Waals surface area contributed by atoms with Crippen molar-refractivity contribution in [1.82, 2.24) is 10.2 Å². The zero-order valence-corrected chi connectivity index (χ0v) is 14.8. The Morgan fingerprint density at radius 3 is 2.95 bits per heavy atom. The second kappa shape index (κ2) is 8.20. The van der Waals surface area contributed by atoms with E-state index in [0.717, 1.165) is 31.4 Å². The van der Waals surface area contributed by atoms with Gasteiger partial charge in [0, 0.05) is 10.9 Å². The maximum absolute atomic E-state index is 12.8. The van der Waals surface area contributed by atoms with E-state index in [2.05, 4.69) is 47.8 Å². The van der Waals surface area contributed by atoms with Crippen LogP contribution in [-0.4, -0.2) is 34.9 Å². The number of nitrogens with zero attached hydrogens (tertiary/aromatic N) is 1. The molecule has 1 saturated heterocycles. The van der Waals surface area contributed by atoms with Gasteiger partial charge in [-0.3, -0.25) is 10.1 Å². The number of nitrogens with one attached hydrogen (secondary N) is 1. The van der Waals surface area contributed by atoms with E-state index >= 15 is 0 Å². The Morgan fingerprint density at radius 2 is 2.33 bits per heavy atom. The van der Waals surface area contributed by atoms with Crippen LogP contribution in [0.4, 0.5) is 0 Å². The molecule has 0 aliphatic carbocycles. The van der Waals surface area contributed by atoms with Gasteiger partial charge >= 0.3 is 0 Å². The third kappa shape index (κ3) is 4.02. The maximum atomic E-state index is 12.8. The Kier molecular flexibility index (Phi) is 6.58. The fourth-order valence-corrected chi connectivity index (χ4v) is 4.19. The average molecular weight is 327 g/mol. The summed E-state index contributed by atoms with van der Waals surface area (Å²) in [7, 11) is 0. The lowest BCUT2D eigenvalue weighted by molar-refractivity contribution is -0.132. The smallest absolute Gasteiger partial charge is 0.241 e. The number of unbranched alkanes of at least 4 members (excludes halogenated alkanes) is 1. The number of thioether (sulfide) groups is 1. The van der Waals surface area contributed by atoms with Gasteiger partial charge in [-0.05, 0) is 43.2 Å². The lowest BCUT2D eigenvalue weighted by Gasteiger charge is -2.29. The molecule has 3 unspecified atom stereocenters. The Bertz CT molecular complexity index is 435. The summed E-state index contributed by atoms with van der Waals surface area (Å²) >= 11 is 3.58. The number of rotatable bonds is 8. The molecule has 0 aromatic carbocycles. The molecule has 0 radical (unpaired) electrons. The van der Waals surface area contributed by atoms with Crippen LogP contribution >= 0.6 is 23.1 Å². The highest BCUT2D eigenvalue weighted by molar-refractivity contribution is 7.98. The first-order valence-corrected chi connectivity index (χ1v) is 10.1. The van der Waals surface area contributed by atoms with Crippen molar-refractivity contribution >= 4 is 29.0 Å². The van der Waals surface area contributed by atoms with E-state index in [0.29, 0.717) is 0 Å². The van der Waals surface area contributed by atoms with Crippen LogP contribution in [0.2, 0.25) is 0 Å². The average Bonchev–Trinajstić information content (AvgIpc) is 3.10. The van der Waals surface area contributed by atoms with Gasteiger partial charge < -0.3 is 4.90 Å². The highest BCUT2D eigenvalue weighted by Crippen LogP contribution is 2.32. The van der Waals surface area contributed by atoms with Crippen LogP contribution in [0, 0.1) is 0 Å². The molecular formula is C16H26N2OS2. The second-order valence-electron chi connectivity index (χ2n) is 5.66. The lowest BCUT2D eigenvalue weighted by Crippen LogP contribution is -2.38. The fraction of sp³-hybridized carbons (Fsp3) is 0.688. The summed E-state index contributed by atoms with van der Waals surface area (Å²) in [6.45, 7) is 4.35. The quantitative estimate of drug-likeness (QED) is 0.787. The number of hydrogen-bond donors (Lipinski definition) is 1. The standard InChI is InChI=1S/C16H26N2OS2/c1-4-5-7-13-16(19)18(12(2)9-11-20-3)15(17-13)14-8-6-10-21-14/h6,8,10,12-13,15,17H,4-5,7,9,11H2,1-3H3. The highest BCUT2D eigenvalue weighted by atomic mass is 32.2. The zero-order chi connectivity index (χ0) is 15.2. The van der Waals surface area contributed by atoms with Gasteiger partial charge in [-0.15, -0.1) is 11.3 Å². The molecule has 1 aromatic heterocycles. The molecule has 21 heavy (non-hydrogen) atoms. The van der Waals surface area contributed by atoms with Crippen molar-refractivity contribution in [3.05, 3.63) is 22.4 Å². The summed E-state index contributed by atoms with van der Waals surface area (Å²) in [6.07, 6.45) is 6.43. The van der Waals surface area contributed by atoms with Crippen molar-refractivity contribution in [2.24, 2.45) is 0 Å². The van der Waals surface area contributed by atoms with Gasteiger partial charge in [-0.25, -0.2) is 0 Å². The summed E-state index contributed by atoms with van der Waals surface area (Å²) < 4.78 is 0. The number of carbonyl (C=O) groups is 1. The minimum Gasteiger partial charge on any atom is -0.318 e. The van der Waals surface area contributed by atoms with Crippen LogP contribution in [0.3, 0.4) is 0 Å². The minimum atomic E-state index is -0.00576. The summed E-state index contributed by atoms with van der Waals surface area (Å²) in [5.41, 5.74) is 0. The van der Waals surface area contributed by atoms with Gasteiger partial charge in [0.2, 0.25) is 5.91 Å². The van der Waals surface area contributed by atoms with Gasteiger partial charge in [0.05, 0.1) is 6.04 Å². The molecule has 3 nitrogen and oxygen atoms in total. The first kappa shape index (κ1) is 16.8. The van der Waals surface area contributed by atoms with Gasteiger partial charge in [-0.2, -0.15) is 11.8 Å². The van der Waals surface area contributed by atoms with Gasteiger partial charge in [-0.1, -0.05) is 25.8 Å². The van der Waals surface area contributed by atoms with Crippen molar-refractivity contribution in [3.63, 3.8) is 0 Å². The van der Waals surface area contributed by atoms with Crippen LogP contribution in [0.5, 0.6) is 0 Å². The lowest BCUT2D eigenvalue weighted by atomic mass is 10.1. The maximum Gasteiger partial charge on any atom is 0.241 e. The minimum absolute atomic E-state index is 0.00576. The molecule has 0 saturated carbocycles. The molecule has 1 fully saturated rings. The molecular weight excluding hydrogens is 300 g/mol. The molecule has 118 valence electrons. The molecule has 5 heteroatoms. The van der Waals surface area contributed by atoms with Crippen LogP contribution in [-0.2, 0) is 4.79 Å². The van der Waals surface area contributed by atoms with E-state index in [1.54, 1.807) is 11.3 Å². The SMILES string of the molecule is CCCCC1NC(c2cccs2)N(C(C)CCSC)C1=O. The highest BCUT2D eigenvalue weighted by Gasteiger charge is 2.41.